The number of nitrogens with one attached hydrogen (secondary N) is 2. The third-order valence-corrected chi connectivity index (χ3v) is 3.86. The summed E-state index contributed by atoms with van der Waals surface area (Å²) in [5, 5.41) is 10.8. The summed E-state index contributed by atoms with van der Waals surface area (Å²) in [7, 11) is 0. The first-order valence-electron chi connectivity index (χ1n) is 7.66. The summed E-state index contributed by atoms with van der Waals surface area (Å²) in [6, 6.07) is 14.9. The van der Waals surface area contributed by atoms with Crippen LogP contribution in [0, 0.1) is 5.82 Å². The summed E-state index contributed by atoms with van der Waals surface area (Å²) in [6.07, 6.45) is 3.22. The van der Waals surface area contributed by atoms with Crippen LogP contribution >= 0.6 is 0 Å². The van der Waals surface area contributed by atoms with Crippen LogP contribution in [-0.4, -0.2) is 21.1 Å². The van der Waals surface area contributed by atoms with Crippen molar-refractivity contribution < 1.29 is 9.18 Å². The fourth-order valence-corrected chi connectivity index (χ4v) is 2.62. The number of aromatic amines is 1. The molecule has 0 aliphatic rings. The Morgan fingerprint density at radius 3 is 2.68 bits per heavy atom. The van der Waals surface area contributed by atoms with Gasteiger partial charge in [-0.25, -0.2) is 4.39 Å². The van der Waals surface area contributed by atoms with Crippen molar-refractivity contribution in [3.8, 4) is 11.3 Å². The Morgan fingerprint density at radius 1 is 1.08 bits per heavy atom. The number of nitrogens with zero attached hydrogens (tertiary/aromatic N) is 2. The van der Waals surface area contributed by atoms with Crippen molar-refractivity contribution in [1.82, 2.24) is 15.2 Å². The molecule has 6 heteroatoms. The number of fused-ring (bicyclic) bond motifs is 1. The standard InChI is InChI=1S/C19H13FN4O/c20-14-6-3-12(4-7-14)18-16-10-13(5-8-17(16)23-24-18)19(25)22-15-2-1-9-21-11-15/h1-11H,(H,22,25)(H,23,24). The number of amides is 1. The highest BCUT2D eigenvalue weighted by atomic mass is 19.1. The Morgan fingerprint density at radius 2 is 1.92 bits per heavy atom. The zero-order valence-electron chi connectivity index (χ0n) is 13.0. The summed E-state index contributed by atoms with van der Waals surface area (Å²) in [6.45, 7) is 0. The number of carbonyl (C=O) groups excluding carboxylic acids is 1. The number of pyridine rings is 1. The van der Waals surface area contributed by atoms with Gasteiger partial charge in [0.25, 0.3) is 5.91 Å². The van der Waals surface area contributed by atoms with Gasteiger partial charge in [-0.15, -0.1) is 0 Å². The third kappa shape index (κ3) is 2.97. The molecule has 2 aromatic carbocycles. The molecular weight excluding hydrogens is 319 g/mol. The molecule has 0 spiro atoms. The lowest BCUT2D eigenvalue weighted by Gasteiger charge is -2.05. The maximum absolute atomic E-state index is 13.1. The maximum atomic E-state index is 13.1. The molecule has 0 atom stereocenters. The quantitative estimate of drug-likeness (QED) is 0.595. The zero-order chi connectivity index (χ0) is 17.2. The van der Waals surface area contributed by atoms with E-state index in [9.17, 15) is 9.18 Å². The molecule has 2 N–H and O–H groups in total. The number of hydrogen-bond acceptors (Lipinski definition) is 3. The van der Waals surface area contributed by atoms with E-state index >= 15 is 0 Å². The minimum atomic E-state index is -0.305. The molecule has 0 saturated heterocycles. The van der Waals surface area contributed by atoms with E-state index in [0.717, 1.165) is 16.5 Å². The van der Waals surface area contributed by atoms with Crippen LogP contribution in [0.25, 0.3) is 22.2 Å². The van der Waals surface area contributed by atoms with Gasteiger partial charge in [0.15, 0.2) is 0 Å². The fraction of sp³-hybridized carbons (Fsp3) is 0. The van der Waals surface area contributed by atoms with Gasteiger partial charge in [-0.1, -0.05) is 0 Å². The molecule has 122 valence electrons. The molecule has 2 heterocycles. The first-order valence-corrected chi connectivity index (χ1v) is 7.66. The van der Waals surface area contributed by atoms with Gasteiger partial charge in [0.2, 0.25) is 0 Å². The van der Waals surface area contributed by atoms with E-state index in [1.807, 2.05) is 0 Å². The minimum absolute atomic E-state index is 0.235. The van der Waals surface area contributed by atoms with Crippen molar-refractivity contribution in [1.29, 1.82) is 0 Å². The summed E-state index contributed by atoms with van der Waals surface area (Å²) in [5.41, 5.74) is 3.38. The van der Waals surface area contributed by atoms with E-state index in [0.29, 0.717) is 16.9 Å². The molecule has 0 fully saturated rings. The molecule has 25 heavy (non-hydrogen) atoms. The smallest absolute Gasteiger partial charge is 0.255 e. The minimum Gasteiger partial charge on any atom is -0.321 e. The van der Waals surface area contributed by atoms with Gasteiger partial charge in [-0.2, -0.15) is 5.10 Å². The van der Waals surface area contributed by atoms with Gasteiger partial charge in [0, 0.05) is 22.7 Å². The molecule has 0 unspecified atom stereocenters. The molecule has 2 aromatic heterocycles. The lowest BCUT2D eigenvalue weighted by atomic mass is 10.1. The van der Waals surface area contributed by atoms with Gasteiger partial charge < -0.3 is 5.32 Å². The summed E-state index contributed by atoms with van der Waals surface area (Å²) < 4.78 is 13.1. The topological polar surface area (TPSA) is 70.7 Å². The molecule has 0 saturated carbocycles. The first kappa shape index (κ1) is 15.0. The second kappa shape index (κ2) is 6.16. The Balaban J connectivity index is 1.71. The Hall–Kier alpha value is -3.54. The Bertz CT molecular complexity index is 1040. The van der Waals surface area contributed by atoms with Gasteiger partial charge in [-0.3, -0.25) is 14.9 Å². The van der Waals surface area contributed by atoms with Crippen molar-refractivity contribution in [3.05, 3.63) is 78.4 Å². The van der Waals surface area contributed by atoms with Gasteiger partial charge >= 0.3 is 0 Å². The molecule has 0 aliphatic heterocycles. The highest BCUT2D eigenvalue weighted by molar-refractivity contribution is 6.07. The lowest BCUT2D eigenvalue weighted by molar-refractivity contribution is 0.102. The molecule has 0 radical (unpaired) electrons. The maximum Gasteiger partial charge on any atom is 0.255 e. The normalized spacial score (nSPS) is 10.8. The van der Waals surface area contributed by atoms with Crippen molar-refractivity contribution >= 4 is 22.5 Å². The fourth-order valence-electron chi connectivity index (χ4n) is 2.62. The third-order valence-electron chi connectivity index (χ3n) is 3.86. The predicted molar refractivity (Wildman–Crippen MR) is 93.7 cm³/mol. The van der Waals surface area contributed by atoms with Crippen molar-refractivity contribution in [2.45, 2.75) is 0 Å². The van der Waals surface area contributed by atoms with Gasteiger partial charge in [0.05, 0.1) is 23.1 Å². The first-order chi connectivity index (χ1) is 12.2. The molecule has 0 bridgehead atoms. The van der Waals surface area contributed by atoms with E-state index < -0.39 is 0 Å². The number of halogens is 1. The SMILES string of the molecule is O=C(Nc1cccnc1)c1ccc2[nH]nc(-c3ccc(F)cc3)c2c1. The van der Waals surface area contributed by atoms with Crippen LogP contribution in [0.3, 0.4) is 0 Å². The zero-order valence-corrected chi connectivity index (χ0v) is 13.0. The Kier molecular flexibility index (Phi) is 3.70. The molecule has 4 rings (SSSR count). The molecule has 0 aliphatic carbocycles. The van der Waals surface area contributed by atoms with Crippen LogP contribution in [0.2, 0.25) is 0 Å². The van der Waals surface area contributed by atoms with Crippen molar-refractivity contribution in [3.63, 3.8) is 0 Å². The second-order valence-electron chi connectivity index (χ2n) is 5.54. The lowest BCUT2D eigenvalue weighted by Crippen LogP contribution is -2.11. The number of rotatable bonds is 3. The van der Waals surface area contributed by atoms with Crippen molar-refractivity contribution in [2.24, 2.45) is 0 Å². The van der Waals surface area contributed by atoms with Crippen LogP contribution < -0.4 is 5.32 Å². The number of benzene rings is 2. The second-order valence-corrected chi connectivity index (χ2v) is 5.54. The van der Waals surface area contributed by atoms with Crippen LogP contribution in [0.5, 0.6) is 0 Å². The highest BCUT2D eigenvalue weighted by Gasteiger charge is 2.12. The van der Waals surface area contributed by atoms with Crippen molar-refractivity contribution in [2.75, 3.05) is 5.32 Å². The van der Waals surface area contributed by atoms with E-state index in [1.54, 1.807) is 54.9 Å². The van der Waals surface area contributed by atoms with Gasteiger partial charge in [-0.05, 0) is 54.6 Å². The number of H-pyrrole nitrogens is 1. The Labute approximate surface area is 142 Å². The van der Waals surface area contributed by atoms with Gasteiger partial charge in [0.1, 0.15) is 5.82 Å². The van der Waals surface area contributed by atoms with Crippen LogP contribution in [-0.2, 0) is 0 Å². The van der Waals surface area contributed by atoms with Crippen LogP contribution in [0.1, 0.15) is 10.4 Å². The van der Waals surface area contributed by atoms with E-state index in [1.165, 1.54) is 12.1 Å². The summed E-state index contributed by atoms with van der Waals surface area (Å²) in [5.74, 6) is -0.540. The number of anilines is 1. The molecule has 5 nitrogen and oxygen atoms in total. The summed E-state index contributed by atoms with van der Waals surface area (Å²) >= 11 is 0. The monoisotopic (exact) mass is 332 g/mol. The predicted octanol–water partition coefficient (Wildman–Crippen LogP) is 4.02. The largest absolute Gasteiger partial charge is 0.321 e. The number of aromatic nitrogens is 3. The molecule has 1 amide bonds. The van der Waals surface area contributed by atoms with Crippen LogP contribution in [0.4, 0.5) is 10.1 Å². The number of carbonyl (C=O) groups is 1. The average molecular weight is 332 g/mol. The van der Waals surface area contributed by atoms with Crippen LogP contribution in [0.15, 0.2) is 67.0 Å². The van der Waals surface area contributed by atoms with E-state index in [-0.39, 0.29) is 11.7 Å². The molecule has 4 aromatic rings. The number of hydrogen-bond donors (Lipinski definition) is 2. The average Bonchev–Trinajstić information content (AvgIpc) is 3.06. The highest BCUT2D eigenvalue weighted by Crippen LogP contribution is 2.27. The van der Waals surface area contributed by atoms with E-state index in [4.69, 9.17) is 0 Å². The molecular formula is C19H13FN4O. The van der Waals surface area contributed by atoms with E-state index in [2.05, 4.69) is 20.5 Å². The summed E-state index contributed by atoms with van der Waals surface area (Å²) in [4.78, 5) is 16.4.